The molecule has 1 aliphatic rings. The average Bonchev–Trinajstić information content (AvgIpc) is 2.98. The molecule has 0 spiro atoms. The number of carboxylic acids is 1. The summed E-state index contributed by atoms with van der Waals surface area (Å²) >= 11 is 0. The fourth-order valence-corrected chi connectivity index (χ4v) is 3.93. The smallest absolute Gasteiger partial charge is 0.345 e. The molecule has 0 aliphatic carbocycles. The van der Waals surface area contributed by atoms with Gasteiger partial charge in [-0.05, 0) is 25.1 Å². The highest BCUT2D eigenvalue weighted by Gasteiger charge is 2.23. The second-order valence-corrected chi connectivity index (χ2v) is 7.02. The minimum Gasteiger partial charge on any atom is -0.506 e. The van der Waals surface area contributed by atoms with E-state index in [1.165, 1.54) is 11.3 Å². The maximum atomic E-state index is 12.2. The highest BCUT2D eigenvalue weighted by molar-refractivity contribution is 5.93. The average molecular weight is 367 g/mol. The summed E-state index contributed by atoms with van der Waals surface area (Å²) in [6.07, 6.45) is 1.35. The van der Waals surface area contributed by atoms with Gasteiger partial charge in [-0.15, -0.1) is 0 Å². The summed E-state index contributed by atoms with van der Waals surface area (Å²) in [6.45, 7) is 3.70. The highest BCUT2D eigenvalue weighted by atomic mass is 16.4. The molecule has 27 heavy (non-hydrogen) atoms. The highest BCUT2D eigenvalue weighted by Crippen LogP contribution is 2.34. The lowest BCUT2D eigenvalue weighted by Gasteiger charge is -2.22. The van der Waals surface area contributed by atoms with Gasteiger partial charge >= 0.3 is 5.97 Å². The number of nitrogens with zero attached hydrogens (tertiary/aromatic N) is 1. The summed E-state index contributed by atoms with van der Waals surface area (Å²) in [4.78, 5) is 31.9. The molecule has 0 bridgehead atoms. The Morgan fingerprint density at radius 1 is 1.30 bits per heavy atom. The molecule has 0 fully saturated rings. The number of pyridine rings is 1. The Labute approximate surface area is 155 Å². The minimum atomic E-state index is -1.44. The first-order valence-corrected chi connectivity index (χ1v) is 8.94. The van der Waals surface area contributed by atoms with Gasteiger partial charge in [-0.1, -0.05) is 19.1 Å². The fraction of sp³-hybridized carbons (Fsp3) is 0.300. The van der Waals surface area contributed by atoms with Gasteiger partial charge < -0.3 is 25.1 Å². The molecular weight excluding hydrogens is 346 g/mol. The molecule has 0 radical (unpaired) electrons. The van der Waals surface area contributed by atoms with Crippen molar-refractivity contribution in [2.45, 2.75) is 26.3 Å². The topological polar surface area (TPSA) is 109 Å². The number of hydrogen-bond acceptors (Lipinski definition) is 4. The van der Waals surface area contributed by atoms with Crippen molar-refractivity contribution in [3.05, 3.63) is 50.9 Å². The third-order valence-electron chi connectivity index (χ3n) is 5.31. The number of benzene rings is 1. The molecule has 0 unspecified atom stereocenters. The summed E-state index contributed by atoms with van der Waals surface area (Å²) < 4.78 is 0. The molecule has 2 aromatic heterocycles. The third-order valence-corrected chi connectivity index (χ3v) is 5.31. The lowest BCUT2D eigenvalue weighted by atomic mass is 9.98. The van der Waals surface area contributed by atoms with Crippen molar-refractivity contribution >= 4 is 16.9 Å². The second kappa shape index (κ2) is 6.28. The standard InChI is InChI=1S/C20H21N3O4/c1-3-11-17(22-19(25)16(18(11)24)20(26)27)10-4-5-12-13-9-23(2)7-6-14(13)21-15(12)8-10/h4-5,8,21H,3,6-7,9H2,1-2H3,(H,26,27)(H2,22,24,25). The van der Waals surface area contributed by atoms with Crippen molar-refractivity contribution in [1.29, 1.82) is 0 Å². The van der Waals surface area contributed by atoms with E-state index in [9.17, 15) is 19.8 Å². The molecule has 0 atom stereocenters. The Kier molecular flexibility index (Phi) is 4.04. The van der Waals surface area contributed by atoms with Crippen LogP contribution in [0.1, 0.15) is 34.1 Å². The monoisotopic (exact) mass is 367 g/mol. The van der Waals surface area contributed by atoms with Crippen LogP contribution in [0.15, 0.2) is 23.0 Å². The molecule has 7 heteroatoms. The molecule has 3 heterocycles. The van der Waals surface area contributed by atoms with E-state index in [4.69, 9.17) is 0 Å². The van der Waals surface area contributed by atoms with Gasteiger partial charge in [0.15, 0.2) is 5.56 Å². The molecule has 140 valence electrons. The third kappa shape index (κ3) is 2.71. The number of aromatic carboxylic acids is 1. The van der Waals surface area contributed by atoms with Crippen LogP contribution in [0.4, 0.5) is 0 Å². The second-order valence-electron chi connectivity index (χ2n) is 7.02. The number of likely N-dealkylation sites (N-methyl/N-ethyl adjacent to an activating group) is 1. The lowest BCUT2D eigenvalue weighted by Crippen LogP contribution is -2.25. The van der Waals surface area contributed by atoms with E-state index in [1.807, 2.05) is 25.1 Å². The first-order chi connectivity index (χ1) is 12.9. The Balaban J connectivity index is 1.90. The largest absolute Gasteiger partial charge is 0.506 e. The van der Waals surface area contributed by atoms with E-state index < -0.39 is 22.8 Å². The quantitative estimate of drug-likeness (QED) is 0.569. The van der Waals surface area contributed by atoms with Crippen LogP contribution in [0.2, 0.25) is 0 Å². The number of fused-ring (bicyclic) bond motifs is 3. The van der Waals surface area contributed by atoms with Crippen LogP contribution in [0.5, 0.6) is 5.75 Å². The molecular formula is C20H21N3O4. The maximum Gasteiger partial charge on any atom is 0.345 e. The van der Waals surface area contributed by atoms with Gasteiger partial charge in [-0.2, -0.15) is 0 Å². The van der Waals surface area contributed by atoms with Crippen molar-refractivity contribution in [2.75, 3.05) is 13.6 Å². The number of aromatic hydroxyl groups is 1. The summed E-state index contributed by atoms with van der Waals surface area (Å²) in [5.41, 5.74) is 3.68. The van der Waals surface area contributed by atoms with E-state index in [0.717, 1.165) is 36.0 Å². The van der Waals surface area contributed by atoms with Crippen LogP contribution in [-0.4, -0.2) is 44.6 Å². The van der Waals surface area contributed by atoms with Crippen LogP contribution < -0.4 is 5.56 Å². The Bertz CT molecular complexity index is 1130. The number of carboxylic acid groups (broad SMARTS) is 1. The van der Waals surface area contributed by atoms with Gasteiger partial charge in [0.25, 0.3) is 5.56 Å². The molecule has 4 rings (SSSR count). The minimum absolute atomic E-state index is 0.391. The van der Waals surface area contributed by atoms with E-state index in [-0.39, 0.29) is 0 Å². The molecule has 1 aliphatic heterocycles. The molecule has 3 aromatic rings. The number of carbonyl (C=O) groups is 1. The van der Waals surface area contributed by atoms with Gasteiger partial charge in [-0.3, -0.25) is 4.79 Å². The van der Waals surface area contributed by atoms with Gasteiger partial charge in [0.05, 0.1) is 5.69 Å². The summed E-state index contributed by atoms with van der Waals surface area (Å²) in [7, 11) is 2.10. The van der Waals surface area contributed by atoms with Crippen molar-refractivity contribution in [3.8, 4) is 17.0 Å². The normalized spacial score (nSPS) is 14.4. The van der Waals surface area contributed by atoms with Gasteiger partial charge in [0.1, 0.15) is 5.75 Å². The van der Waals surface area contributed by atoms with Gasteiger partial charge in [0, 0.05) is 47.2 Å². The Hall–Kier alpha value is -3.06. The van der Waals surface area contributed by atoms with Crippen LogP contribution in [-0.2, 0) is 19.4 Å². The SMILES string of the molecule is CCc1c(-c2ccc3c4c([nH]c3c2)CCN(C)C4)[nH]c(=O)c(C(=O)O)c1O. The van der Waals surface area contributed by atoms with E-state index in [1.54, 1.807) is 0 Å². The van der Waals surface area contributed by atoms with Crippen molar-refractivity contribution < 1.29 is 15.0 Å². The number of aromatic nitrogens is 2. The van der Waals surface area contributed by atoms with Crippen LogP contribution in [0.25, 0.3) is 22.2 Å². The summed E-state index contributed by atoms with van der Waals surface area (Å²) in [5.74, 6) is -1.90. The number of nitrogens with one attached hydrogen (secondary N) is 2. The number of aromatic amines is 2. The van der Waals surface area contributed by atoms with Crippen molar-refractivity contribution in [3.63, 3.8) is 0 Å². The van der Waals surface area contributed by atoms with Crippen molar-refractivity contribution in [2.24, 2.45) is 0 Å². The zero-order valence-electron chi connectivity index (χ0n) is 15.2. The van der Waals surface area contributed by atoms with Gasteiger partial charge in [-0.25, -0.2) is 4.79 Å². The Morgan fingerprint density at radius 3 is 2.78 bits per heavy atom. The van der Waals surface area contributed by atoms with E-state index in [0.29, 0.717) is 17.7 Å². The summed E-state index contributed by atoms with van der Waals surface area (Å²) in [5, 5.41) is 20.7. The molecule has 1 aromatic carbocycles. The number of rotatable bonds is 3. The van der Waals surface area contributed by atoms with E-state index in [2.05, 4.69) is 21.9 Å². The molecule has 0 amide bonds. The summed E-state index contributed by atoms with van der Waals surface area (Å²) in [6, 6.07) is 5.85. The van der Waals surface area contributed by atoms with Gasteiger partial charge in [0.2, 0.25) is 0 Å². The van der Waals surface area contributed by atoms with Crippen molar-refractivity contribution in [1.82, 2.24) is 14.9 Å². The number of hydrogen-bond donors (Lipinski definition) is 4. The predicted octanol–water partition coefficient (Wildman–Crippen LogP) is 2.48. The first-order valence-electron chi connectivity index (χ1n) is 8.94. The number of H-pyrrole nitrogens is 2. The molecule has 7 nitrogen and oxygen atoms in total. The van der Waals surface area contributed by atoms with Crippen LogP contribution in [0, 0.1) is 0 Å². The first kappa shape index (κ1) is 17.4. The van der Waals surface area contributed by atoms with E-state index >= 15 is 0 Å². The molecule has 4 N–H and O–H groups in total. The maximum absolute atomic E-state index is 12.2. The molecule has 0 saturated heterocycles. The lowest BCUT2D eigenvalue weighted by molar-refractivity contribution is 0.0691. The van der Waals surface area contributed by atoms with Crippen LogP contribution in [0.3, 0.4) is 0 Å². The Morgan fingerprint density at radius 2 is 2.07 bits per heavy atom. The predicted molar refractivity (Wildman–Crippen MR) is 102 cm³/mol. The zero-order chi connectivity index (χ0) is 19.3. The fourth-order valence-electron chi connectivity index (χ4n) is 3.93. The van der Waals surface area contributed by atoms with Crippen LogP contribution >= 0.6 is 0 Å². The zero-order valence-corrected chi connectivity index (χ0v) is 15.2. The molecule has 0 saturated carbocycles.